The van der Waals surface area contributed by atoms with Gasteiger partial charge in [0.1, 0.15) is 6.54 Å². The van der Waals surface area contributed by atoms with Gasteiger partial charge in [-0.15, -0.1) is 0 Å². The van der Waals surface area contributed by atoms with Crippen LogP contribution in [-0.4, -0.2) is 41.7 Å². The number of halogens is 2. The molecule has 0 aliphatic rings. The molecule has 1 amide bonds. The van der Waals surface area contributed by atoms with Crippen molar-refractivity contribution in [3.8, 4) is 22.9 Å². The van der Waals surface area contributed by atoms with Crippen LogP contribution in [0.4, 0.5) is 0 Å². The minimum Gasteiger partial charge on any atom is -0.493 e. The van der Waals surface area contributed by atoms with E-state index < -0.39 is 0 Å². The zero-order valence-corrected chi connectivity index (χ0v) is 17.6. The number of rotatable bonds is 7. The summed E-state index contributed by atoms with van der Waals surface area (Å²) in [6, 6.07) is 10.1. The molecule has 0 unspecified atom stereocenters. The van der Waals surface area contributed by atoms with Gasteiger partial charge in [-0.25, -0.2) is 0 Å². The van der Waals surface area contributed by atoms with Crippen LogP contribution in [0.5, 0.6) is 11.5 Å². The Bertz CT molecular complexity index is 1020. The van der Waals surface area contributed by atoms with Crippen LogP contribution in [0.15, 0.2) is 40.9 Å². The Morgan fingerprint density at radius 3 is 2.48 bits per heavy atom. The molecule has 0 bridgehead atoms. The third-order valence-electron chi connectivity index (χ3n) is 4.27. The largest absolute Gasteiger partial charge is 0.493 e. The first-order valence-electron chi connectivity index (χ1n) is 8.76. The zero-order chi connectivity index (χ0) is 21.0. The third kappa shape index (κ3) is 4.63. The van der Waals surface area contributed by atoms with E-state index in [9.17, 15) is 4.79 Å². The fourth-order valence-corrected chi connectivity index (χ4v) is 3.01. The molecule has 7 nitrogen and oxygen atoms in total. The van der Waals surface area contributed by atoms with E-state index in [-0.39, 0.29) is 12.5 Å². The quantitative estimate of drug-likeness (QED) is 0.533. The van der Waals surface area contributed by atoms with Gasteiger partial charge in [0.2, 0.25) is 11.7 Å². The van der Waals surface area contributed by atoms with Crippen molar-refractivity contribution in [3.63, 3.8) is 0 Å². The van der Waals surface area contributed by atoms with Crippen LogP contribution >= 0.6 is 23.2 Å². The Kier molecular flexibility index (Phi) is 6.61. The molecule has 3 rings (SSSR count). The highest BCUT2D eigenvalue weighted by atomic mass is 35.5. The van der Waals surface area contributed by atoms with Gasteiger partial charge in [-0.3, -0.25) is 4.79 Å². The van der Waals surface area contributed by atoms with Gasteiger partial charge in [0, 0.05) is 17.7 Å². The maximum absolute atomic E-state index is 12.8. The van der Waals surface area contributed by atoms with E-state index in [1.54, 1.807) is 49.5 Å². The van der Waals surface area contributed by atoms with Crippen LogP contribution < -0.4 is 9.47 Å². The number of aromatic nitrogens is 2. The second-order valence-electron chi connectivity index (χ2n) is 6.03. The van der Waals surface area contributed by atoms with Crippen molar-refractivity contribution in [2.75, 3.05) is 20.8 Å². The van der Waals surface area contributed by atoms with Gasteiger partial charge in [-0.05, 0) is 43.3 Å². The molecule has 152 valence electrons. The fraction of sp³-hybridized carbons (Fsp3) is 0.250. The van der Waals surface area contributed by atoms with Gasteiger partial charge in [0.05, 0.1) is 24.3 Å². The number of amides is 1. The molecule has 0 N–H and O–H groups in total. The van der Waals surface area contributed by atoms with Crippen LogP contribution in [0.2, 0.25) is 10.0 Å². The standard InChI is InChI=1S/C20H19Cl2N3O4/c1-4-25(20(26)13-5-7-14(21)15(22)9-13)11-18-23-19(24-29-18)12-6-8-16(27-2)17(10-12)28-3/h5-10H,4,11H2,1-3H3. The molecule has 0 radical (unpaired) electrons. The molecule has 3 aromatic rings. The average molecular weight is 436 g/mol. The van der Waals surface area contributed by atoms with Crippen molar-refractivity contribution >= 4 is 29.1 Å². The van der Waals surface area contributed by atoms with E-state index >= 15 is 0 Å². The molecule has 0 saturated heterocycles. The SMILES string of the molecule is CCN(Cc1nc(-c2ccc(OC)c(OC)c2)no1)C(=O)c1ccc(Cl)c(Cl)c1. The molecule has 0 saturated carbocycles. The highest BCUT2D eigenvalue weighted by Gasteiger charge is 2.19. The first-order chi connectivity index (χ1) is 14.0. The summed E-state index contributed by atoms with van der Waals surface area (Å²) in [5.41, 5.74) is 1.14. The molecule has 1 aromatic heterocycles. The number of hydrogen-bond donors (Lipinski definition) is 0. The summed E-state index contributed by atoms with van der Waals surface area (Å²) in [7, 11) is 3.12. The minimum absolute atomic E-state index is 0.163. The molecule has 0 aliphatic carbocycles. The van der Waals surface area contributed by atoms with Crippen molar-refractivity contribution in [1.29, 1.82) is 0 Å². The predicted molar refractivity (Wildman–Crippen MR) is 110 cm³/mol. The lowest BCUT2D eigenvalue weighted by Gasteiger charge is -2.19. The van der Waals surface area contributed by atoms with Gasteiger partial charge in [-0.1, -0.05) is 28.4 Å². The van der Waals surface area contributed by atoms with E-state index in [1.165, 1.54) is 6.07 Å². The van der Waals surface area contributed by atoms with Crippen molar-refractivity contribution < 1.29 is 18.8 Å². The predicted octanol–water partition coefficient (Wildman–Crippen LogP) is 4.72. The minimum atomic E-state index is -0.211. The number of methoxy groups -OCH3 is 2. The van der Waals surface area contributed by atoms with Gasteiger partial charge in [0.15, 0.2) is 11.5 Å². The van der Waals surface area contributed by atoms with Crippen LogP contribution in [0.1, 0.15) is 23.2 Å². The summed E-state index contributed by atoms with van der Waals surface area (Å²) in [4.78, 5) is 18.7. The monoisotopic (exact) mass is 435 g/mol. The Labute approximate surface area is 178 Å². The Balaban J connectivity index is 1.79. The van der Waals surface area contributed by atoms with Crippen LogP contribution in [0.3, 0.4) is 0 Å². The number of carbonyl (C=O) groups is 1. The lowest BCUT2D eigenvalue weighted by atomic mass is 10.2. The maximum atomic E-state index is 12.8. The van der Waals surface area contributed by atoms with E-state index in [0.29, 0.717) is 50.9 Å². The maximum Gasteiger partial charge on any atom is 0.254 e. The van der Waals surface area contributed by atoms with E-state index in [2.05, 4.69) is 10.1 Å². The number of carbonyl (C=O) groups excluding carboxylic acids is 1. The first-order valence-corrected chi connectivity index (χ1v) is 9.51. The Morgan fingerprint density at radius 2 is 1.83 bits per heavy atom. The van der Waals surface area contributed by atoms with Crippen molar-refractivity contribution in [2.45, 2.75) is 13.5 Å². The van der Waals surface area contributed by atoms with Gasteiger partial charge < -0.3 is 18.9 Å². The molecule has 0 fully saturated rings. The molecule has 9 heteroatoms. The molecule has 0 spiro atoms. The summed E-state index contributed by atoms with van der Waals surface area (Å²) in [6.07, 6.45) is 0. The molecular weight excluding hydrogens is 417 g/mol. The molecule has 0 atom stereocenters. The second kappa shape index (κ2) is 9.15. The van der Waals surface area contributed by atoms with Crippen molar-refractivity contribution in [1.82, 2.24) is 15.0 Å². The summed E-state index contributed by atoms with van der Waals surface area (Å²) in [5, 5.41) is 4.72. The second-order valence-corrected chi connectivity index (χ2v) is 6.84. The Hall–Kier alpha value is -2.77. The average Bonchev–Trinajstić information content (AvgIpc) is 3.21. The summed E-state index contributed by atoms with van der Waals surface area (Å²) in [6.45, 7) is 2.48. The van der Waals surface area contributed by atoms with Gasteiger partial charge in [0.25, 0.3) is 5.91 Å². The third-order valence-corrected chi connectivity index (χ3v) is 5.01. The summed E-state index contributed by atoms with van der Waals surface area (Å²) >= 11 is 11.9. The smallest absolute Gasteiger partial charge is 0.254 e. The van der Waals surface area contributed by atoms with Gasteiger partial charge >= 0.3 is 0 Å². The van der Waals surface area contributed by atoms with Gasteiger partial charge in [-0.2, -0.15) is 4.98 Å². The summed E-state index contributed by atoms with van der Waals surface area (Å²) < 4.78 is 15.9. The lowest BCUT2D eigenvalue weighted by molar-refractivity contribution is 0.0734. The number of ether oxygens (including phenoxy) is 2. The highest BCUT2D eigenvalue weighted by molar-refractivity contribution is 6.42. The van der Waals surface area contributed by atoms with Crippen LogP contribution in [0, 0.1) is 0 Å². The highest BCUT2D eigenvalue weighted by Crippen LogP contribution is 2.31. The summed E-state index contributed by atoms with van der Waals surface area (Å²) in [5.74, 6) is 1.65. The van der Waals surface area contributed by atoms with E-state index in [1.807, 2.05) is 6.92 Å². The first kappa shape index (κ1) is 21.0. The Morgan fingerprint density at radius 1 is 1.07 bits per heavy atom. The van der Waals surface area contributed by atoms with E-state index in [4.69, 9.17) is 37.2 Å². The van der Waals surface area contributed by atoms with E-state index in [0.717, 1.165) is 0 Å². The molecule has 1 heterocycles. The molecule has 29 heavy (non-hydrogen) atoms. The molecule has 0 aliphatic heterocycles. The van der Waals surface area contributed by atoms with Crippen LogP contribution in [0.25, 0.3) is 11.4 Å². The zero-order valence-electron chi connectivity index (χ0n) is 16.1. The van der Waals surface area contributed by atoms with Crippen molar-refractivity contribution in [3.05, 3.63) is 57.9 Å². The number of nitrogens with zero attached hydrogens (tertiary/aromatic N) is 3. The number of hydrogen-bond acceptors (Lipinski definition) is 6. The molecule has 2 aromatic carbocycles. The van der Waals surface area contributed by atoms with Crippen LogP contribution in [-0.2, 0) is 6.54 Å². The van der Waals surface area contributed by atoms with Crippen molar-refractivity contribution in [2.24, 2.45) is 0 Å². The topological polar surface area (TPSA) is 77.7 Å². The normalized spacial score (nSPS) is 10.7. The lowest BCUT2D eigenvalue weighted by Crippen LogP contribution is -2.30. The fourth-order valence-electron chi connectivity index (χ4n) is 2.71. The molecular formula is C20H19Cl2N3O4. The number of benzene rings is 2.